The summed E-state index contributed by atoms with van der Waals surface area (Å²) in [6.07, 6.45) is 1.51. The van der Waals surface area contributed by atoms with E-state index in [1.807, 2.05) is 19.1 Å². The minimum Gasteiger partial charge on any atom is -0.465 e. The Balaban J connectivity index is 1.44. The van der Waals surface area contributed by atoms with Gasteiger partial charge in [0.15, 0.2) is 11.6 Å². The molecule has 1 spiro atoms. The van der Waals surface area contributed by atoms with Gasteiger partial charge in [-0.25, -0.2) is 0 Å². The van der Waals surface area contributed by atoms with Crippen LogP contribution in [-0.4, -0.2) is 139 Å². The fraction of sp³-hybridized carbons (Fsp3) is 0.735. The highest BCUT2D eigenvalue weighted by Gasteiger charge is 2.57. The molecule has 5 aliphatic rings. The van der Waals surface area contributed by atoms with Crippen molar-refractivity contribution in [3.63, 3.8) is 0 Å². The fourth-order valence-electron chi connectivity index (χ4n) is 9.99. The van der Waals surface area contributed by atoms with Gasteiger partial charge < -0.3 is 63.8 Å². The number of aliphatic hydroxyl groups excluding tert-OH is 4. The van der Waals surface area contributed by atoms with Crippen LogP contribution in [0.3, 0.4) is 0 Å². The Morgan fingerprint density at radius 3 is 2.41 bits per heavy atom. The molecule has 0 radical (unpaired) electrons. The zero-order chi connectivity index (χ0) is 48.4. The summed E-state index contributed by atoms with van der Waals surface area (Å²) in [6, 6.07) is 0. The van der Waals surface area contributed by atoms with Crippen LogP contribution in [0.5, 0.6) is 0 Å². The molecule has 372 valence electrons. The van der Waals surface area contributed by atoms with Gasteiger partial charge in [-0.05, 0) is 64.4 Å². The van der Waals surface area contributed by atoms with E-state index in [0.717, 1.165) is 0 Å². The van der Waals surface area contributed by atoms with Gasteiger partial charge in [-0.2, -0.15) is 0 Å². The fourth-order valence-corrected chi connectivity index (χ4v) is 10.1. The molecule has 5 rings (SSSR count). The van der Waals surface area contributed by atoms with E-state index in [1.165, 1.54) is 19.1 Å². The standard InChI is InChI=1S/C49H73ClO16/c1-29(21-34(52)19-18-30(2)50)22-40-43(56)44-32(4)45(62-40)46(57)49(59)27-38(53)31(3)39(66-49)16-11-9-7-8-10-12-17-41(54)60-20-14-13-15-35-25-47(6,58)28-48(64-35)26-37(61-33(5)51)23-36(65-48)24-42(55)63-44/h7-8,13,15,18-19,31-32,34-40,43-46,52-53,56-59H,1-2,9-12,14,16-17,20-28H2,3-6H3/b8-7-,15-13-,19-18+/t31-,32-,34-,35+,36-,37+,38+,39-,40-,43-,44-,45-,46+,47+,48+,49-/m1/s1. The summed E-state index contributed by atoms with van der Waals surface area (Å²) in [5.74, 6) is -6.84. The number of esters is 3. The zero-order valence-electron chi connectivity index (χ0n) is 38.8. The van der Waals surface area contributed by atoms with Gasteiger partial charge in [0.25, 0.3) is 0 Å². The third-order valence-electron chi connectivity index (χ3n) is 13.2. The summed E-state index contributed by atoms with van der Waals surface area (Å²) in [6.45, 7) is 14.1. The molecule has 4 fully saturated rings. The maximum atomic E-state index is 14.1. The number of allylic oxidation sites excluding steroid dienone is 4. The Hall–Kier alpha value is -3.00. The Labute approximate surface area is 393 Å². The van der Waals surface area contributed by atoms with Gasteiger partial charge in [-0.1, -0.05) is 74.6 Å². The van der Waals surface area contributed by atoms with Crippen molar-refractivity contribution in [3.05, 3.63) is 60.2 Å². The SMILES string of the molecule is C=C(Cl)/C=C/[C@@H](O)CC(=C)C[C@H]1O[C@@H]2[C@H](C)[C@@H](OC(=O)C[C@H]3C[C@H](OC(C)=O)C[C@@]4(C[C@@](C)(O)C[C@H](/C=C\CCOC(=O)CCC/C=C\CCC[C@H]5O[C@](O)(C[C@H](O)[C@H]5C)[C@H]2O)O4)O3)[C@@H]1O. The van der Waals surface area contributed by atoms with Crippen LogP contribution < -0.4 is 0 Å². The van der Waals surface area contributed by atoms with Gasteiger partial charge in [-0.15, -0.1) is 0 Å². The maximum absolute atomic E-state index is 14.1. The third kappa shape index (κ3) is 15.5. The van der Waals surface area contributed by atoms with Crippen molar-refractivity contribution >= 4 is 29.5 Å². The molecular weight excluding hydrogens is 880 g/mol. The molecule has 0 aliphatic carbocycles. The topological polar surface area (TPSA) is 237 Å². The highest BCUT2D eigenvalue weighted by atomic mass is 35.5. The normalized spacial score (nSPS) is 41.7. The summed E-state index contributed by atoms with van der Waals surface area (Å²) in [4.78, 5) is 38.8. The van der Waals surface area contributed by atoms with Gasteiger partial charge in [0.1, 0.15) is 24.4 Å². The smallest absolute Gasteiger partial charge is 0.308 e. The Morgan fingerprint density at radius 2 is 1.70 bits per heavy atom. The average molecular weight is 954 g/mol. The number of aliphatic hydroxyl groups is 6. The first-order valence-corrected chi connectivity index (χ1v) is 23.8. The van der Waals surface area contributed by atoms with Crippen LogP contribution in [0.2, 0.25) is 0 Å². The number of carbonyl (C=O) groups excluding carboxylic acids is 3. The number of ether oxygens (including phenoxy) is 7. The third-order valence-corrected chi connectivity index (χ3v) is 13.3. The van der Waals surface area contributed by atoms with E-state index in [1.54, 1.807) is 26.0 Å². The molecule has 0 aromatic carbocycles. The van der Waals surface area contributed by atoms with Crippen LogP contribution in [0.15, 0.2) is 60.2 Å². The van der Waals surface area contributed by atoms with Gasteiger partial charge in [0.2, 0.25) is 0 Å². The molecule has 66 heavy (non-hydrogen) atoms. The number of cyclic esters (lactones) is 1. The molecule has 17 heteroatoms. The summed E-state index contributed by atoms with van der Waals surface area (Å²) >= 11 is 5.83. The number of fused-ring (bicyclic) bond motifs is 6. The summed E-state index contributed by atoms with van der Waals surface area (Å²) in [5, 5.41) is 69.6. The average Bonchev–Trinajstić information content (AvgIpc) is 3.20. The number of hydrogen-bond acceptors (Lipinski definition) is 16. The second kappa shape index (κ2) is 24.0. The summed E-state index contributed by atoms with van der Waals surface area (Å²) < 4.78 is 42.8. The lowest BCUT2D eigenvalue weighted by molar-refractivity contribution is -0.350. The Kier molecular flexibility index (Phi) is 19.6. The molecule has 0 aromatic heterocycles. The summed E-state index contributed by atoms with van der Waals surface area (Å²) in [5.41, 5.74) is -0.850. The molecule has 0 amide bonds. The quantitative estimate of drug-likeness (QED) is 0.0850. The van der Waals surface area contributed by atoms with E-state index in [0.29, 0.717) is 44.1 Å². The molecule has 0 aromatic rings. The van der Waals surface area contributed by atoms with Crippen LogP contribution in [0.1, 0.15) is 124 Å². The van der Waals surface area contributed by atoms with Crippen LogP contribution in [0.25, 0.3) is 0 Å². The van der Waals surface area contributed by atoms with E-state index in [-0.39, 0.29) is 69.0 Å². The van der Waals surface area contributed by atoms with E-state index in [2.05, 4.69) is 13.2 Å². The van der Waals surface area contributed by atoms with E-state index in [9.17, 15) is 45.0 Å². The van der Waals surface area contributed by atoms with Crippen molar-refractivity contribution in [2.45, 2.75) is 208 Å². The lowest BCUT2D eigenvalue weighted by atomic mass is 9.78. The molecule has 16 nitrogen and oxygen atoms in total. The number of halogens is 1. The minimum absolute atomic E-state index is 0.00820. The van der Waals surface area contributed by atoms with E-state index in [4.69, 9.17) is 44.8 Å². The van der Waals surface area contributed by atoms with E-state index >= 15 is 0 Å². The molecule has 5 heterocycles. The number of rotatable bonds is 7. The largest absolute Gasteiger partial charge is 0.465 e. The lowest BCUT2D eigenvalue weighted by Crippen LogP contribution is -2.65. The zero-order valence-corrected chi connectivity index (χ0v) is 39.6. The predicted octanol–water partition coefficient (Wildman–Crippen LogP) is 5.03. The van der Waals surface area contributed by atoms with Crippen LogP contribution >= 0.6 is 11.6 Å². The molecule has 0 saturated carbocycles. The molecular formula is C49H73ClO16. The first-order valence-electron chi connectivity index (χ1n) is 23.5. The molecule has 7 bridgehead atoms. The first kappa shape index (κ1) is 53.9. The molecule has 16 atom stereocenters. The highest BCUT2D eigenvalue weighted by molar-refractivity contribution is 6.30. The highest BCUT2D eigenvalue weighted by Crippen LogP contribution is 2.46. The van der Waals surface area contributed by atoms with Gasteiger partial charge in [0.05, 0.1) is 61.4 Å². The predicted molar refractivity (Wildman–Crippen MR) is 241 cm³/mol. The second-order valence-electron chi connectivity index (χ2n) is 19.3. The molecule has 0 unspecified atom stereocenters. The van der Waals surface area contributed by atoms with Crippen molar-refractivity contribution < 1.29 is 78.2 Å². The maximum Gasteiger partial charge on any atom is 0.308 e. The van der Waals surface area contributed by atoms with Gasteiger partial charge in [-0.3, -0.25) is 14.4 Å². The first-order chi connectivity index (χ1) is 31.1. The van der Waals surface area contributed by atoms with E-state index < -0.39 is 115 Å². The van der Waals surface area contributed by atoms with Crippen LogP contribution in [-0.2, 0) is 47.5 Å². The molecule has 6 N–H and O–H groups in total. The van der Waals surface area contributed by atoms with Gasteiger partial charge in [0, 0.05) is 62.3 Å². The Bertz CT molecular complexity index is 1770. The van der Waals surface area contributed by atoms with Crippen molar-refractivity contribution in [1.82, 2.24) is 0 Å². The Morgan fingerprint density at radius 1 is 0.970 bits per heavy atom. The van der Waals surface area contributed by atoms with Crippen molar-refractivity contribution in [3.8, 4) is 0 Å². The molecule has 5 aliphatic heterocycles. The van der Waals surface area contributed by atoms with Crippen LogP contribution in [0.4, 0.5) is 0 Å². The number of carbonyl (C=O) groups is 3. The second-order valence-corrected chi connectivity index (χ2v) is 19.8. The number of hydrogen-bond donors (Lipinski definition) is 6. The van der Waals surface area contributed by atoms with Crippen molar-refractivity contribution in [1.29, 1.82) is 0 Å². The molecule has 4 saturated heterocycles. The lowest BCUT2D eigenvalue weighted by Gasteiger charge is -2.51. The van der Waals surface area contributed by atoms with Crippen LogP contribution in [0, 0.1) is 11.8 Å². The minimum atomic E-state index is -2.31. The monoisotopic (exact) mass is 952 g/mol. The van der Waals surface area contributed by atoms with Crippen molar-refractivity contribution in [2.24, 2.45) is 11.8 Å². The summed E-state index contributed by atoms with van der Waals surface area (Å²) in [7, 11) is 0. The van der Waals surface area contributed by atoms with Crippen molar-refractivity contribution in [2.75, 3.05) is 6.61 Å². The van der Waals surface area contributed by atoms with Gasteiger partial charge >= 0.3 is 17.9 Å².